The van der Waals surface area contributed by atoms with Crippen LogP contribution in [0.25, 0.3) is 0 Å². The molecule has 0 aliphatic rings. The molecule has 0 saturated carbocycles. The van der Waals surface area contributed by atoms with E-state index in [4.69, 9.17) is 5.73 Å². The lowest BCUT2D eigenvalue weighted by atomic mass is 9.97. The van der Waals surface area contributed by atoms with Crippen LogP contribution in [0.5, 0.6) is 0 Å². The average Bonchev–Trinajstić information content (AvgIpc) is 2.55. The van der Waals surface area contributed by atoms with Crippen LogP contribution in [0.4, 0.5) is 0 Å². The highest BCUT2D eigenvalue weighted by molar-refractivity contribution is 7.05. The van der Waals surface area contributed by atoms with Crippen molar-refractivity contribution in [3.05, 3.63) is 17.1 Å². The Bertz CT molecular complexity index is 282. The number of rotatable bonds is 3. The van der Waals surface area contributed by atoms with Gasteiger partial charge in [0.1, 0.15) is 0 Å². The Morgan fingerprint density at radius 1 is 1.85 bits per heavy atom. The summed E-state index contributed by atoms with van der Waals surface area (Å²) in [5.41, 5.74) is 5.26. The van der Waals surface area contributed by atoms with Gasteiger partial charge in [0.05, 0.1) is 19.1 Å². The first-order valence-electron chi connectivity index (χ1n) is 3.83. The number of nitrogens with two attached hydrogens (primary N) is 1. The fraction of sp³-hybridized carbons (Fsp3) is 0.500. The van der Waals surface area contributed by atoms with Gasteiger partial charge in [0.2, 0.25) is 0 Å². The number of carbonyl (C=O) groups excluding carboxylic acids is 1. The lowest BCUT2D eigenvalue weighted by molar-refractivity contribution is -0.141. The highest BCUT2D eigenvalue weighted by Crippen LogP contribution is 2.24. The summed E-state index contributed by atoms with van der Waals surface area (Å²) in [5, 5.41) is 0. The number of hydrogen-bond acceptors (Lipinski definition) is 5. The van der Waals surface area contributed by atoms with E-state index >= 15 is 0 Å². The van der Waals surface area contributed by atoms with E-state index in [0.717, 1.165) is 4.88 Å². The van der Waals surface area contributed by atoms with Crippen LogP contribution < -0.4 is 5.73 Å². The second-order valence-electron chi connectivity index (χ2n) is 3.05. The molecule has 72 valence electrons. The standard InChI is InChI=1S/C8H12N2O2S/c1-8(9,5-7(11)12-2)6-3-4-10-13-6/h3-4H,5,9H2,1-2H3/t8-/m0/s1. The van der Waals surface area contributed by atoms with Crippen molar-refractivity contribution in [1.82, 2.24) is 4.37 Å². The van der Waals surface area contributed by atoms with Crippen LogP contribution in [0.1, 0.15) is 18.2 Å². The van der Waals surface area contributed by atoms with Gasteiger partial charge in [-0.3, -0.25) is 4.79 Å². The van der Waals surface area contributed by atoms with Gasteiger partial charge in [-0.25, -0.2) is 4.37 Å². The van der Waals surface area contributed by atoms with Gasteiger partial charge in [0.15, 0.2) is 0 Å². The summed E-state index contributed by atoms with van der Waals surface area (Å²) >= 11 is 1.30. The molecule has 0 unspecified atom stereocenters. The van der Waals surface area contributed by atoms with E-state index in [1.54, 1.807) is 13.1 Å². The number of methoxy groups -OCH3 is 1. The van der Waals surface area contributed by atoms with Gasteiger partial charge in [0, 0.05) is 11.1 Å². The Kier molecular flexibility index (Phi) is 3.00. The summed E-state index contributed by atoms with van der Waals surface area (Å²) in [7, 11) is 1.35. The second kappa shape index (κ2) is 3.85. The lowest BCUT2D eigenvalue weighted by Crippen LogP contribution is -2.35. The van der Waals surface area contributed by atoms with Crippen LogP contribution in [0, 0.1) is 0 Å². The van der Waals surface area contributed by atoms with E-state index in [0.29, 0.717) is 0 Å². The fourth-order valence-electron chi connectivity index (χ4n) is 0.970. The molecule has 13 heavy (non-hydrogen) atoms. The summed E-state index contributed by atoms with van der Waals surface area (Å²) in [5.74, 6) is -0.307. The molecule has 1 aromatic heterocycles. The SMILES string of the molecule is COC(=O)C[C@](C)(N)c1ccns1. The molecule has 0 amide bonds. The summed E-state index contributed by atoms with van der Waals surface area (Å²) in [6.07, 6.45) is 1.84. The molecule has 1 heterocycles. The van der Waals surface area contributed by atoms with Gasteiger partial charge >= 0.3 is 5.97 Å². The van der Waals surface area contributed by atoms with E-state index in [1.807, 2.05) is 6.07 Å². The van der Waals surface area contributed by atoms with Gasteiger partial charge in [-0.05, 0) is 24.5 Å². The number of aromatic nitrogens is 1. The van der Waals surface area contributed by atoms with Crippen LogP contribution in [0.2, 0.25) is 0 Å². The first kappa shape index (κ1) is 10.1. The van der Waals surface area contributed by atoms with E-state index in [-0.39, 0.29) is 12.4 Å². The van der Waals surface area contributed by atoms with Gasteiger partial charge in [-0.15, -0.1) is 0 Å². The molecule has 2 N–H and O–H groups in total. The van der Waals surface area contributed by atoms with E-state index in [1.165, 1.54) is 18.6 Å². The van der Waals surface area contributed by atoms with Crippen LogP contribution >= 0.6 is 11.5 Å². The lowest BCUT2D eigenvalue weighted by Gasteiger charge is -2.20. The number of ether oxygens (including phenoxy) is 1. The molecule has 0 saturated heterocycles. The minimum atomic E-state index is -0.672. The Morgan fingerprint density at radius 3 is 3.00 bits per heavy atom. The molecule has 5 heteroatoms. The number of esters is 1. The highest BCUT2D eigenvalue weighted by atomic mass is 32.1. The van der Waals surface area contributed by atoms with Crippen molar-refractivity contribution in [2.24, 2.45) is 5.73 Å². The summed E-state index contributed by atoms with van der Waals surface area (Å²) in [4.78, 5) is 11.9. The largest absolute Gasteiger partial charge is 0.469 e. The van der Waals surface area contributed by atoms with Crippen LogP contribution in [-0.4, -0.2) is 17.5 Å². The third-order valence-corrected chi connectivity index (χ3v) is 2.77. The van der Waals surface area contributed by atoms with Crippen molar-refractivity contribution in [3.8, 4) is 0 Å². The number of nitrogens with zero attached hydrogens (tertiary/aromatic N) is 1. The van der Waals surface area contributed by atoms with Crippen LogP contribution in [0.15, 0.2) is 12.3 Å². The predicted molar refractivity (Wildman–Crippen MR) is 50.3 cm³/mol. The Morgan fingerprint density at radius 2 is 2.54 bits per heavy atom. The maximum Gasteiger partial charge on any atom is 0.307 e. The van der Waals surface area contributed by atoms with Gasteiger partial charge in [-0.1, -0.05) is 0 Å². The molecule has 0 fully saturated rings. The third-order valence-electron chi connectivity index (χ3n) is 1.74. The van der Waals surface area contributed by atoms with Crippen molar-refractivity contribution >= 4 is 17.5 Å². The molecular weight excluding hydrogens is 188 g/mol. The summed E-state index contributed by atoms with van der Waals surface area (Å²) in [6.45, 7) is 1.79. The Hall–Kier alpha value is -0.940. The first-order valence-corrected chi connectivity index (χ1v) is 4.60. The zero-order chi connectivity index (χ0) is 9.90. The fourth-order valence-corrected chi connectivity index (χ4v) is 1.61. The smallest absolute Gasteiger partial charge is 0.307 e. The topological polar surface area (TPSA) is 65.2 Å². The number of carbonyl (C=O) groups is 1. The molecular formula is C8H12N2O2S. The molecule has 4 nitrogen and oxygen atoms in total. The van der Waals surface area contributed by atoms with Gasteiger partial charge < -0.3 is 10.5 Å². The Labute approximate surface area is 80.9 Å². The molecule has 0 aliphatic carbocycles. The van der Waals surface area contributed by atoms with E-state index < -0.39 is 5.54 Å². The zero-order valence-electron chi connectivity index (χ0n) is 7.61. The van der Waals surface area contributed by atoms with Crippen molar-refractivity contribution < 1.29 is 9.53 Å². The summed E-state index contributed by atoms with van der Waals surface area (Å²) < 4.78 is 8.48. The molecule has 1 atom stereocenters. The molecule has 0 spiro atoms. The maximum absolute atomic E-state index is 11.0. The predicted octanol–water partition coefficient (Wildman–Crippen LogP) is 0.880. The van der Waals surface area contributed by atoms with Crippen molar-refractivity contribution in [1.29, 1.82) is 0 Å². The maximum atomic E-state index is 11.0. The summed E-state index contributed by atoms with van der Waals surface area (Å²) in [6, 6.07) is 1.81. The monoisotopic (exact) mass is 200 g/mol. The van der Waals surface area contributed by atoms with E-state index in [9.17, 15) is 4.79 Å². The molecule has 1 aromatic rings. The number of hydrogen-bond donors (Lipinski definition) is 1. The first-order chi connectivity index (χ1) is 6.06. The van der Waals surface area contributed by atoms with Crippen molar-refractivity contribution in [2.45, 2.75) is 18.9 Å². The minimum absolute atomic E-state index is 0.172. The zero-order valence-corrected chi connectivity index (χ0v) is 8.43. The molecule has 0 bridgehead atoms. The molecule has 0 radical (unpaired) electrons. The van der Waals surface area contributed by atoms with Crippen LogP contribution in [0.3, 0.4) is 0 Å². The molecule has 1 rings (SSSR count). The van der Waals surface area contributed by atoms with Crippen molar-refractivity contribution in [2.75, 3.05) is 7.11 Å². The average molecular weight is 200 g/mol. The second-order valence-corrected chi connectivity index (χ2v) is 3.88. The van der Waals surface area contributed by atoms with Gasteiger partial charge in [0.25, 0.3) is 0 Å². The molecule has 0 aliphatic heterocycles. The van der Waals surface area contributed by atoms with Crippen LogP contribution in [-0.2, 0) is 15.1 Å². The van der Waals surface area contributed by atoms with Gasteiger partial charge in [-0.2, -0.15) is 0 Å². The van der Waals surface area contributed by atoms with E-state index in [2.05, 4.69) is 9.11 Å². The highest BCUT2D eigenvalue weighted by Gasteiger charge is 2.26. The minimum Gasteiger partial charge on any atom is -0.469 e. The normalized spacial score (nSPS) is 15.0. The quantitative estimate of drug-likeness (QED) is 0.735. The third kappa shape index (κ3) is 2.50. The van der Waals surface area contributed by atoms with Crippen molar-refractivity contribution in [3.63, 3.8) is 0 Å². The Balaban J connectivity index is 2.72. The molecule has 0 aromatic carbocycles.